The summed E-state index contributed by atoms with van der Waals surface area (Å²) in [4.78, 5) is 8.09. The van der Waals surface area contributed by atoms with Crippen molar-refractivity contribution < 1.29 is 0 Å². The number of thiazole rings is 1. The van der Waals surface area contributed by atoms with Crippen LogP contribution in [0.1, 0.15) is 24.6 Å². The number of H-pyrrole nitrogens is 1. The third kappa shape index (κ3) is 3.73. The lowest BCUT2D eigenvalue weighted by Gasteiger charge is -2.08. The van der Waals surface area contributed by atoms with Gasteiger partial charge < -0.3 is 10.3 Å². The minimum absolute atomic E-state index is 0.493. The number of hydrogen-bond acceptors (Lipinski definition) is 6. The molecule has 0 bridgehead atoms. The summed E-state index contributed by atoms with van der Waals surface area (Å²) in [5.74, 6) is 1.72. The Bertz CT molecular complexity index is 1330. The highest BCUT2D eigenvalue weighted by molar-refractivity contribution is 7.98. The average molecular weight is 445 g/mol. The van der Waals surface area contributed by atoms with E-state index in [1.54, 1.807) is 23.1 Å². The molecule has 1 aliphatic carbocycles. The van der Waals surface area contributed by atoms with Crippen LogP contribution in [0.15, 0.2) is 71.3 Å². The molecule has 3 heterocycles. The van der Waals surface area contributed by atoms with Crippen molar-refractivity contribution in [3.05, 3.63) is 71.9 Å². The Morgan fingerprint density at radius 2 is 1.90 bits per heavy atom. The zero-order chi connectivity index (χ0) is 20.6. The first-order valence-electron chi connectivity index (χ1n) is 10.3. The molecule has 0 aliphatic heterocycles. The average Bonchev–Trinajstić information content (AvgIpc) is 3.20. The van der Waals surface area contributed by atoms with Crippen LogP contribution in [0.5, 0.6) is 0 Å². The van der Waals surface area contributed by atoms with E-state index in [-0.39, 0.29) is 0 Å². The molecule has 2 aromatic carbocycles. The fourth-order valence-corrected chi connectivity index (χ4v) is 5.43. The SMILES string of the molecule is c1ccc(Nc2nc(CSc3nnc(-c4c[nH]c5ccccc45)n3C3CC3)cs2)cc1. The minimum Gasteiger partial charge on any atom is -0.360 e. The van der Waals surface area contributed by atoms with Crippen LogP contribution in [0.2, 0.25) is 0 Å². The molecule has 0 unspecified atom stereocenters. The molecule has 6 rings (SSSR count). The standard InChI is InChI=1S/C23H20N6S2/c1-2-6-15(7-3-1)25-22-26-16(13-30-22)14-31-23-28-27-21(29(23)17-10-11-17)19-12-24-20-9-5-4-8-18(19)20/h1-9,12-13,17,24H,10-11,14H2,(H,25,26). The summed E-state index contributed by atoms with van der Waals surface area (Å²) in [5, 5.41) is 17.7. The van der Waals surface area contributed by atoms with Crippen molar-refractivity contribution >= 4 is 44.8 Å². The van der Waals surface area contributed by atoms with E-state index in [1.165, 1.54) is 18.2 Å². The van der Waals surface area contributed by atoms with Crippen LogP contribution in [0.4, 0.5) is 10.8 Å². The van der Waals surface area contributed by atoms with E-state index in [9.17, 15) is 0 Å². The summed E-state index contributed by atoms with van der Waals surface area (Å²) in [5.41, 5.74) is 4.34. The number of aromatic amines is 1. The summed E-state index contributed by atoms with van der Waals surface area (Å²) in [6, 6.07) is 19.0. The van der Waals surface area contributed by atoms with Gasteiger partial charge in [0.05, 0.1) is 5.69 Å². The van der Waals surface area contributed by atoms with E-state index in [0.29, 0.717) is 6.04 Å². The number of hydrogen-bond donors (Lipinski definition) is 2. The highest BCUT2D eigenvalue weighted by Gasteiger charge is 2.31. The molecular formula is C23H20N6S2. The Kier molecular flexibility index (Phi) is 4.73. The molecule has 0 spiro atoms. The maximum Gasteiger partial charge on any atom is 0.192 e. The molecule has 0 radical (unpaired) electrons. The first-order valence-corrected chi connectivity index (χ1v) is 12.1. The van der Waals surface area contributed by atoms with Gasteiger partial charge >= 0.3 is 0 Å². The predicted molar refractivity (Wildman–Crippen MR) is 127 cm³/mol. The van der Waals surface area contributed by atoms with Gasteiger partial charge in [0, 0.05) is 45.5 Å². The van der Waals surface area contributed by atoms with Gasteiger partial charge in [-0.05, 0) is 31.0 Å². The lowest BCUT2D eigenvalue weighted by Crippen LogP contribution is -1.99. The zero-order valence-corrected chi connectivity index (χ0v) is 18.3. The van der Waals surface area contributed by atoms with Crippen LogP contribution in [0, 0.1) is 0 Å². The molecule has 2 N–H and O–H groups in total. The van der Waals surface area contributed by atoms with Crippen molar-refractivity contribution in [2.24, 2.45) is 0 Å². The molecule has 0 saturated heterocycles. The number of nitrogens with zero attached hydrogens (tertiary/aromatic N) is 4. The Morgan fingerprint density at radius 3 is 2.77 bits per heavy atom. The fraction of sp³-hybridized carbons (Fsp3) is 0.174. The lowest BCUT2D eigenvalue weighted by atomic mass is 10.1. The first kappa shape index (κ1) is 18.7. The summed E-state index contributed by atoms with van der Waals surface area (Å²) in [6.07, 6.45) is 4.41. The van der Waals surface area contributed by atoms with E-state index in [2.05, 4.69) is 48.6 Å². The summed E-state index contributed by atoms with van der Waals surface area (Å²) in [7, 11) is 0. The van der Waals surface area contributed by atoms with Gasteiger partial charge in [0.1, 0.15) is 0 Å². The number of para-hydroxylation sites is 2. The number of anilines is 2. The second-order valence-corrected chi connectivity index (χ2v) is 9.38. The quantitative estimate of drug-likeness (QED) is 0.290. The van der Waals surface area contributed by atoms with E-state index in [4.69, 9.17) is 4.98 Å². The van der Waals surface area contributed by atoms with Crippen molar-refractivity contribution in [2.45, 2.75) is 29.8 Å². The number of nitrogens with one attached hydrogen (secondary N) is 2. The molecule has 0 atom stereocenters. The smallest absolute Gasteiger partial charge is 0.192 e. The molecule has 6 nitrogen and oxygen atoms in total. The Morgan fingerprint density at radius 1 is 1.06 bits per heavy atom. The molecule has 1 fully saturated rings. The highest BCUT2D eigenvalue weighted by Crippen LogP contribution is 2.42. The van der Waals surface area contributed by atoms with Crippen LogP contribution < -0.4 is 5.32 Å². The van der Waals surface area contributed by atoms with Gasteiger partial charge in [-0.1, -0.05) is 48.2 Å². The van der Waals surface area contributed by atoms with Gasteiger partial charge in [-0.3, -0.25) is 4.57 Å². The normalized spacial score (nSPS) is 13.7. The molecule has 3 aromatic heterocycles. The molecule has 1 saturated carbocycles. The van der Waals surface area contributed by atoms with E-state index >= 15 is 0 Å². The van der Waals surface area contributed by atoms with Crippen molar-refractivity contribution in [1.29, 1.82) is 0 Å². The van der Waals surface area contributed by atoms with Crippen LogP contribution in [-0.4, -0.2) is 24.7 Å². The predicted octanol–water partition coefficient (Wildman–Crippen LogP) is 6.25. The largest absolute Gasteiger partial charge is 0.360 e. The lowest BCUT2D eigenvalue weighted by molar-refractivity contribution is 0.669. The fourth-order valence-electron chi connectivity index (χ4n) is 3.69. The van der Waals surface area contributed by atoms with Gasteiger partial charge in [0.15, 0.2) is 16.1 Å². The van der Waals surface area contributed by atoms with Gasteiger partial charge in [-0.25, -0.2) is 4.98 Å². The van der Waals surface area contributed by atoms with Crippen molar-refractivity contribution in [3.8, 4) is 11.4 Å². The number of rotatable bonds is 7. The monoisotopic (exact) mass is 444 g/mol. The third-order valence-electron chi connectivity index (χ3n) is 5.33. The van der Waals surface area contributed by atoms with Crippen molar-refractivity contribution in [2.75, 3.05) is 5.32 Å². The van der Waals surface area contributed by atoms with Crippen molar-refractivity contribution in [3.63, 3.8) is 0 Å². The molecule has 8 heteroatoms. The van der Waals surface area contributed by atoms with E-state index in [0.717, 1.165) is 44.3 Å². The van der Waals surface area contributed by atoms with Crippen molar-refractivity contribution in [1.82, 2.24) is 24.7 Å². The van der Waals surface area contributed by atoms with E-state index < -0.39 is 0 Å². The van der Waals surface area contributed by atoms with Gasteiger partial charge in [0.25, 0.3) is 0 Å². The second kappa shape index (κ2) is 7.86. The Balaban J connectivity index is 1.23. The summed E-state index contributed by atoms with van der Waals surface area (Å²) < 4.78 is 2.32. The number of aromatic nitrogens is 5. The molecule has 0 amide bonds. The maximum atomic E-state index is 4.73. The van der Waals surface area contributed by atoms with Crippen LogP contribution in [0.25, 0.3) is 22.3 Å². The highest BCUT2D eigenvalue weighted by atomic mass is 32.2. The zero-order valence-electron chi connectivity index (χ0n) is 16.7. The Labute approximate surface area is 187 Å². The summed E-state index contributed by atoms with van der Waals surface area (Å²) >= 11 is 3.33. The first-order chi connectivity index (χ1) is 15.3. The number of thioether (sulfide) groups is 1. The van der Waals surface area contributed by atoms with Gasteiger partial charge in [0.2, 0.25) is 0 Å². The third-order valence-corrected chi connectivity index (χ3v) is 7.12. The summed E-state index contributed by atoms with van der Waals surface area (Å²) in [6.45, 7) is 0. The number of benzene rings is 2. The minimum atomic E-state index is 0.493. The van der Waals surface area contributed by atoms with Crippen LogP contribution >= 0.6 is 23.1 Å². The maximum absolute atomic E-state index is 4.73. The second-order valence-electron chi connectivity index (χ2n) is 7.58. The van der Waals surface area contributed by atoms with Crippen LogP contribution in [0.3, 0.4) is 0 Å². The van der Waals surface area contributed by atoms with E-state index in [1.807, 2.05) is 42.6 Å². The van der Waals surface area contributed by atoms with Gasteiger partial charge in [-0.15, -0.1) is 21.5 Å². The molecular weight excluding hydrogens is 424 g/mol. The topological polar surface area (TPSA) is 71.4 Å². The number of fused-ring (bicyclic) bond motifs is 1. The molecule has 5 aromatic rings. The Hall–Kier alpha value is -3.10. The van der Waals surface area contributed by atoms with Crippen LogP contribution in [-0.2, 0) is 5.75 Å². The molecule has 154 valence electrons. The molecule has 31 heavy (non-hydrogen) atoms. The molecule has 1 aliphatic rings. The van der Waals surface area contributed by atoms with Gasteiger partial charge in [-0.2, -0.15) is 0 Å².